The number of nitrogens with one attached hydrogen (secondary N) is 3. The maximum atomic E-state index is 14.9. The van der Waals surface area contributed by atoms with E-state index in [-0.39, 0.29) is 34.7 Å². The van der Waals surface area contributed by atoms with E-state index in [1.165, 1.54) is 47.2 Å². The van der Waals surface area contributed by atoms with Gasteiger partial charge in [-0.3, -0.25) is 24.7 Å². The summed E-state index contributed by atoms with van der Waals surface area (Å²) in [5.74, 6) is 1.75. The Kier molecular flexibility index (Phi) is 15.2. The van der Waals surface area contributed by atoms with Gasteiger partial charge in [-0.25, -0.2) is 13.1 Å². The molecule has 6 fully saturated rings. The fourth-order valence-corrected chi connectivity index (χ4v) is 15.7. The van der Waals surface area contributed by atoms with Gasteiger partial charge in [-0.05, 0) is 172 Å². The molecule has 1 amide bonds. The number of aromatic amines is 1. The van der Waals surface area contributed by atoms with Crippen LogP contribution in [0.25, 0.3) is 11.0 Å². The number of carbonyl (C=O) groups excluding carboxylic acids is 1. The predicted octanol–water partition coefficient (Wildman–Crippen LogP) is 10.9. The first-order valence-corrected chi connectivity index (χ1v) is 32.0. The molecule has 2 aromatic heterocycles. The van der Waals surface area contributed by atoms with Gasteiger partial charge in [-0.15, -0.1) is 0 Å². The minimum atomic E-state index is -4.64. The molecule has 0 radical (unpaired) electrons. The number of benzene rings is 4. The highest BCUT2D eigenvalue weighted by Crippen LogP contribution is 2.54. The lowest BCUT2D eigenvalue weighted by Crippen LogP contribution is -2.60. The van der Waals surface area contributed by atoms with Crippen molar-refractivity contribution >= 4 is 55.4 Å². The molecular weight excluding hydrogens is 1080 g/mol. The van der Waals surface area contributed by atoms with Gasteiger partial charge in [-0.1, -0.05) is 50.2 Å². The summed E-state index contributed by atoms with van der Waals surface area (Å²) in [4.78, 5) is 44.3. The maximum absolute atomic E-state index is 14.9. The third kappa shape index (κ3) is 11.2. The van der Waals surface area contributed by atoms with Crippen LogP contribution in [0.15, 0.2) is 102 Å². The molecule has 3 aliphatic carbocycles. The van der Waals surface area contributed by atoms with Gasteiger partial charge in [0, 0.05) is 87.8 Å². The summed E-state index contributed by atoms with van der Waals surface area (Å²) in [6.45, 7) is 13.1. The summed E-state index contributed by atoms with van der Waals surface area (Å²) in [6, 6.07) is 29.6. The van der Waals surface area contributed by atoms with Gasteiger partial charge >= 0.3 is 0 Å². The van der Waals surface area contributed by atoms with E-state index in [1.807, 2.05) is 37.4 Å². The van der Waals surface area contributed by atoms with Crippen LogP contribution in [0.2, 0.25) is 0 Å². The Morgan fingerprint density at radius 1 is 0.917 bits per heavy atom. The minimum Gasteiger partial charge on any atom is -0.496 e. The normalized spacial score (nSPS) is 24.7. The Morgan fingerprint density at radius 3 is 2.48 bits per heavy atom. The molecule has 4 aliphatic heterocycles. The number of fused-ring (bicyclic) bond motifs is 3. The van der Waals surface area contributed by atoms with E-state index < -0.39 is 43.1 Å². The number of amides is 1. The molecule has 7 aliphatic rings. The lowest BCUT2D eigenvalue weighted by atomic mass is 9.59. The van der Waals surface area contributed by atoms with Gasteiger partial charge in [0.25, 0.3) is 21.6 Å². The monoisotopic (exact) mass is 1160 g/mol. The van der Waals surface area contributed by atoms with E-state index in [0.29, 0.717) is 79.8 Å². The number of nitro groups is 1. The third-order valence-electron chi connectivity index (χ3n) is 19.8. The maximum Gasteiger partial charge on any atom is 0.293 e. The molecule has 6 heterocycles. The molecule has 18 nitrogen and oxygen atoms in total. The summed E-state index contributed by atoms with van der Waals surface area (Å²) in [5, 5.41) is 26.9. The molecule has 444 valence electrons. The van der Waals surface area contributed by atoms with Crippen LogP contribution in [0.3, 0.4) is 0 Å². The number of pyridine rings is 1. The van der Waals surface area contributed by atoms with E-state index in [4.69, 9.17) is 19.2 Å². The number of aliphatic hydroxyl groups is 1. The SMILES string of the molecule is COc1cc(CN2CCN(C3CC4(CCN(c5ccc(C(=O)NS(=O)(=O)c6ccc(NC[C@H]7CC[C@](C)(O)CC7)c([N+](=O)[O-])c6)c(N6c7cc8cc[nH]c8nc7O[C@H]7COCC[C@@H]76)c5)CC4)C3)[C@H](c3ccccc3C(C)C)C2)ccc1C1CC1. The smallest absolute Gasteiger partial charge is 0.293 e. The number of piperazine rings is 1. The van der Waals surface area contributed by atoms with Crippen molar-refractivity contribution < 1.29 is 37.5 Å². The van der Waals surface area contributed by atoms with Crippen molar-refractivity contribution in [3.63, 3.8) is 0 Å². The van der Waals surface area contributed by atoms with Crippen molar-refractivity contribution in [1.29, 1.82) is 0 Å². The highest BCUT2D eigenvalue weighted by atomic mass is 32.2. The van der Waals surface area contributed by atoms with Crippen molar-refractivity contribution in [3.05, 3.63) is 135 Å². The second-order valence-electron chi connectivity index (χ2n) is 25.8. The molecule has 4 aromatic carbocycles. The van der Waals surface area contributed by atoms with Crippen LogP contribution >= 0.6 is 0 Å². The second kappa shape index (κ2) is 22.6. The van der Waals surface area contributed by atoms with Crippen molar-refractivity contribution in [2.24, 2.45) is 11.3 Å². The lowest BCUT2D eigenvalue weighted by molar-refractivity contribution is -0.384. The number of ether oxygens (including phenoxy) is 3. The minimum absolute atomic E-state index is 0.115. The summed E-state index contributed by atoms with van der Waals surface area (Å²) in [6.07, 6.45) is 11.5. The van der Waals surface area contributed by atoms with E-state index in [9.17, 15) is 28.4 Å². The molecule has 1 spiro atoms. The first-order valence-electron chi connectivity index (χ1n) is 30.5. The number of nitrogens with zero attached hydrogens (tertiary/aromatic N) is 6. The van der Waals surface area contributed by atoms with Crippen molar-refractivity contribution in [3.8, 4) is 11.6 Å². The number of rotatable bonds is 16. The molecule has 6 aromatic rings. The second-order valence-corrected chi connectivity index (χ2v) is 27.4. The number of methoxy groups -OCH3 is 1. The van der Waals surface area contributed by atoms with Gasteiger partial charge in [-0.2, -0.15) is 4.98 Å². The molecule has 3 saturated carbocycles. The fourth-order valence-electron chi connectivity index (χ4n) is 14.7. The first kappa shape index (κ1) is 56.4. The number of hydrogen-bond acceptors (Lipinski definition) is 15. The van der Waals surface area contributed by atoms with Crippen molar-refractivity contribution in [2.75, 3.05) is 74.7 Å². The topological polar surface area (TPSA) is 208 Å². The summed E-state index contributed by atoms with van der Waals surface area (Å²) < 4.78 is 49.4. The van der Waals surface area contributed by atoms with Crippen LogP contribution in [0.1, 0.15) is 142 Å². The van der Waals surface area contributed by atoms with E-state index >= 15 is 0 Å². The molecule has 0 bridgehead atoms. The number of anilines is 4. The molecule has 0 unspecified atom stereocenters. The fraction of sp³-hybridized carbons (Fsp3) is 0.508. The van der Waals surface area contributed by atoms with Gasteiger partial charge in [0.2, 0.25) is 5.88 Å². The number of hydrogen-bond donors (Lipinski definition) is 4. The zero-order chi connectivity index (χ0) is 58.1. The van der Waals surface area contributed by atoms with Gasteiger partial charge in [0.05, 0.1) is 46.4 Å². The van der Waals surface area contributed by atoms with Crippen molar-refractivity contribution in [1.82, 2.24) is 24.5 Å². The summed E-state index contributed by atoms with van der Waals surface area (Å²) >= 11 is 0. The first-order chi connectivity index (χ1) is 40.5. The Labute approximate surface area is 492 Å². The van der Waals surface area contributed by atoms with Crippen LogP contribution in [0, 0.1) is 21.4 Å². The Bertz CT molecular complexity index is 3560. The third-order valence-corrected chi connectivity index (χ3v) is 21.1. The molecular formula is C65H79N9O9S. The van der Waals surface area contributed by atoms with E-state index in [0.717, 1.165) is 101 Å². The van der Waals surface area contributed by atoms with E-state index in [1.54, 1.807) is 13.2 Å². The van der Waals surface area contributed by atoms with E-state index in [2.05, 4.69) is 90.9 Å². The lowest BCUT2D eigenvalue weighted by Gasteiger charge is -2.58. The largest absolute Gasteiger partial charge is 0.496 e. The van der Waals surface area contributed by atoms with Gasteiger partial charge in [0.1, 0.15) is 28.9 Å². The van der Waals surface area contributed by atoms with Crippen LogP contribution in [-0.4, -0.2) is 128 Å². The Morgan fingerprint density at radius 2 is 1.71 bits per heavy atom. The molecule has 84 heavy (non-hydrogen) atoms. The molecule has 3 atom stereocenters. The van der Waals surface area contributed by atoms with Crippen LogP contribution in [0.5, 0.6) is 11.6 Å². The molecule has 19 heteroatoms. The van der Waals surface area contributed by atoms with Crippen LogP contribution < -0.4 is 29.3 Å². The predicted molar refractivity (Wildman–Crippen MR) is 324 cm³/mol. The standard InChI is InChI=1S/C65H79N9O9S/c1-41(2)49-7-5-6-8-51(49)58-39-70(38-43-9-14-50(44-10-11-44)59(31-43)81-4)28-29-72(58)47-35-65(36-47)23-26-71(27-24-65)46-12-15-52(55(33-46)73-54-20-30-82-40-60(54)83-63-57(73)32-45-19-25-66-61(45)68-63)62(75)69-84(79,80)48-13-16-53(56(34-48)74(77)78)67-37-42-17-21-64(3,76)22-18-42/h5-9,12-16,19,25,31-34,41-42,44,47,54,58,60,67,76H,10-11,17-18,20-24,26-30,35-40H2,1-4H3,(H,66,68)(H,69,75)/t42-,54-,58-,60-,64-/m0/s1. The number of nitro benzene ring substituents is 1. The molecule has 3 saturated heterocycles. The average molecular weight is 1160 g/mol. The molecule has 13 rings (SSSR count). The quantitative estimate of drug-likeness (QED) is 0.0525. The van der Waals surface area contributed by atoms with Crippen LogP contribution in [-0.2, 0) is 21.3 Å². The van der Waals surface area contributed by atoms with Crippen LogP contribution in [0.4, 0.5) is 28.4 Å². The number of H-pyrrole nitrogens is 1. The van der Waals surface area contributed by atoms with Gasteiger partial charge in [0.15, 0.2) is 0 Å². The van der Waals surface area contributed by atoms with Gasteiger partial charge < -0.3 is 39.4 Å². The zero-order valence-electron chi connectivity index (χ0n) is 48.7. The number of aromatic nitrogens is 2. The highest BCUT2D eigenvalue weighted by molar-refractivity contribution is 7.90. The van der Waals surface area contributed by atoms with Crippen molar-refractivity contribution in [2.45, 2.75) is 145 Å². The summed E-state index contributed by atoms with van der Waals surface area (Å²) in [5.41, 5.74) is 7.58. The highest BCUT2D eigenvalue weighted by Gasteiger charge is 2.51. The molecule has 4 N–H and O–H groups in total. The Balaban J connectivity index is 0.750. The number of sulfonamides is 1. The number of piperidine rings is 1. The summed E-state index contributed by atoms with van der Waals surface area (Å²) in [7, 11) is -2.84. The zero-order valence-corrected chi connectivity index (χ0v) is 49.5. The average Bonchev–Trinajstić information content (AvgIpc) is 1.84. The number of carbonyl (C=O) groups is 1. The Hall–Kier alpha value is -6.77.